The third kappa shape index (κ3) is 4.41. The molecule has 35 heavy (non-hydrogen) atoms. The molecule has 0 bridgehead atoms. The SMILES string of the molecule is COc1ccc(CN2C(=O)N(CC(C)C)C3(CCN(Cc4cc5ccccc5[nH]4)CC3)C2=O)cc1. The number of nitrogens with one attached hydrogen (secondary N) is 1. The zero-order chi connectivity index (χ0) is 24.6. The lowest BCUT2D eigenvalue weighted by atomic mass is 9.85. The molecule has 3 heterocycles. The zero-order valence-electron chi connectivity index (χ0n) is 20.8. The molecular formula is C28H34N4O3. The molecule has 1 spiro atoms. The first-order valence-corrected chi connectivity index (χ1v) is 12.4. The van der Waals surface area contributed by atoms with Crippen LogP contribution < -0.4 is 4.74 Å². The molecule has 2 aliphatic heterocycles. The maximum Gasteiger partial charge on any atom is 0.327 e. The van der Waals surface area contributed by atoms with Crippen LogP contribution in [0.1, 0.15) is 37.9 Å². The van der Waals surface area contributed by atoms with Gasteiger partial charge in [-0.1, -0.05) is 44.2 Å². The molecule has 1 N–H and O–H groups in total. The van der Waals surface area contributed by atoms with Crippen molar-refractivity contribution in [1.82, 2.24) is 19.7 Å². The van der Waals surface area contributed by atoms with Gasteiger partial charge in [-0.05, 0) is 54.0 Å². The van der Waals surface area contributed by atoms with Crippen LogP contribution in [-0.2, 0) is 17.9 Å². The molecule has 2 fully saturated rings. The molecule has 2 aliphatic rings. The fourth-order valence-corrected chi connectivity index (χ4v) is 5.48. The lowest BCUT2D eigenvalue weighted by Gasteiger charge is -2.42. The summed E-state index contributed by atoms with van der Waals surface area (Å²) in [6.45, 7) is 7.44. The van der Waals surface area contributed by atoms with Crippen LogP contribution in [0.5, 0.6) is 5.75 Å². The Labute approximate surface area is 206 Å². The Morgan fingerprint density at radius 3 is 2.37 bits per heavy atom. The van der Waals surface area contributed by atoms with Crippen LogP contribution >= 0.6 is 0 Å². The number of ether oxygens (including phenoxy) is 1. The number of nitrogens with zero attached hydrogens (tertiary/aromatic N) is 3. The maximum absolute atomic E-state index is 13.8. The Morgan fingerprint density at radius 2 is 1.71 bits per heavy atom. The highest BCUT2D eigenvalue weighted by Gasteiger charge is 2.57. The first-order chi connectivity index (χ1) is 16.9. The van der Waals surface area contributed by atoms with Crippen molar-refractivity contribution >= 4 is 22.8 Å². The lowest BCUT2D eigenvalue weighted by Crippen LogP contribution is -2.57. The topological polar surface area (TPSA) is 68.9 Å². The van der Waals surface area contributed by atoms with Crippen molar-refractivity contribution in [1.29, 1.82) is 0 Å². The summed E-state index contributed by atoms with van der Waals surface area (Å²) in [6, 6.07) is 17.9. The van der Waals surface area contributed by atoms with Gasteiger partial charge in [0, 0.05) is 37.4 Å². The monoisotopic (exact) mass is 474 g/mol. The predicted molar refractivity (Wildman–Crippen MR) is 136 cm³/mol. The number of aromatic amines is 1. The molecule has 7 heteroatoms. The fraction of sp³-hybridized carbons (Fsp3) is 0.429. The van der Waals surface area contributed by atoms with E-state index in [1.54, 1.807) is 7.11 Å². The summed E-state index contributed by atoms with van der Waals surface area (Å²) in [5.41, 5.74) is 2.50. The van der Waals surface area contributed by atoms with Crippen LogP contribution in [0.2, 0.25) is 0 Å². The quantitative estimate of drug-likeness (QED) is 0.507. The number of rotatable bonds is 7. The van der Waals surface area contributed by atoms with E-state index in [1.165, 1.54) is 16.0 Å². The molecule has 0 atom stereocenters. The van der Waals surface area contributed by atoms with E-state index in [9.17, 15) is 9.59 Å². The number of H-pyrrole nitrogens is 1. The molecule has 7 nitrogen and oxygen atoms in total. The van der Waals surface area contributed by atoms with E-state index in [0.29, 0.717) is 19.4 Å². The van der Waals surface area contributed by atoms with Crippen LogP contribution in [0.4, 0.5) is 4.79 Å². The molecule has 1 aromatic heterocycles. The number of imide groups is 1. The van der Waals surface area contributed by atoms with Crippen molar-refractivity contribution in [3.8, 4) is 5.75 Å². The van der Waals surface area contributed by atoms with Gasteiger partial charge in [-0.3, -0.25) is 14.6 Å². The largest absolute Gasteiger partial charge is 0.497 e. The van der Waals surface area contributed by atoms with Gasteiger partial charge in [0.2, 0.25) is 0 Å². The molecular weight excluding hydrogens is 440 g/mol. The highest BCUT2D eigenvalue weighted by Crippen LogP contribution is 2.39. The molecule has 184 valence electrons. The number of hydrogen-bond acceptors (Lipinski definition) is 4. The highest BCUT2D eigenvalue weighted by atomic mass is 16.5. The van der Waals surface area contributed by atoms with Gasteiger partial charge in [0.15, 0.2) is 0 Å². The number of para-hydroxylation sites is 1. The number of urea groups is 1. The summed E-state index contributed by atoms with van der Waals surface area (Å²) >= 11 is 0. The Kier molecular flexibility index (Phi) is 6.28. The van der Waals surface area contributed by atoms with Gasteiger partial charge in [-0.25, -0.2) is 4.79 Å². The Bertz CT molecular complexity index is 1180. The van der Waals surface area contributed by atoms with E-state index < -0.39 is 5.54 Å². The summed E-state index contributed by atoms with van der Waals surface area (Å²) in [5, 5.41) is 1.21. The molecule has 3 amide bonds. The van der Waals surface area contributed by atoms with Gasteiger partial charge in [-0.15, -0.1) is 0 Å². The van der Waals surface area contributed by atoms with Crippen molar-refractivity contribution in [3.63, 3.8) is 0 Å². The highest BCUT2D eigenvalue weighted by molar-refractivity contribution is 6.07. The van der Waals surface area contributed by atoms with Gasteiger partial charge in [-0.2, -0.15) is 0 Å². The number of hydrogen-bond donors (Lipinski definition) is 1. The smallest absolute Gasteiger partial charge is 0.327 e. The minimum atomic E-state index is -0.745. The molecule has 3 aromatic rings. The number of fused-ring (bicyclic) bond motifs is 1. The minimum Gasteiger partial charge on any atom is -0.497 e. The Morgan fingerprint density at radius 1 is 1.00 bits per heavy atom. The standard InChI is InChI=1S/C28H34N4O3/c1-20(2)17-32-27(34)31(18-21-8-10-24(35-3)11-9-21)26(33)28(32)12-14-30(15-13-28)19-23-16-22-6-4-5-7-25(22)29-23/h4-11,16,20,29H,12-15,17-19H2,1-3H3. The number of piperidine rings is 1. The molecule has 0 unspecified atom stereocenters. The number of benzene rings is 2. The van der Waals surface area contributed by atoms with Crippen molar-refractivity contribution in [3.05, 3.63) is 65.9 Å². The molecule has 0 aliphatic carbocycles. The van der Waals surface area contributed by atoms with E-state index in [1.807, 2.05) is 41.3 Å². The maximum atomic E-state index is 13.8. The van der Waals surface area contributed by atoms with E-state index in [-0.39, 0.29) is 24.4 Å². The average molecular weight is 475 g/mol. The average Bonchev–Trinajstić information content (AvgIpc) is 3.35. The van der Waals surface area contributed by atoms with Gasteiger partial charge in [0.1, 0.15) is 11.3 Å². The minimum absolute atomic E-state index is 0.0516. The fourth-order valence-electron chi connectivity index (χ4n) is 5.48. The predicted octanol–water partition coefficient (Wildman–Crippen LogP) is 4.63. The number of amides is 3. The van der Waals surface area contributed by atoms with Gasteiger partial charge < -0.3 is 14.6 Å². The van der Waals surface area contributed by atoms with E-state index >= 15 is 0 Å². The van der Waals surface area contributed by atoms with Crippen molar-refractivity contribution in [2.75, 3.05) is 26.7 Å². The zero-order valence-corrected chi connectivity index (χ0v) is 20.8. The van der Waals surface area contributed by atoms with Crippen molar-refractivity contribution in [2.45, 2.75) is 45.3 Å². The summed E-state index contributed by atoms with van der Waals surface area (Å²) in [4.78, 5) is 36.5. The molecule has 2 saturated heterocycles. The van der Waals surface area contributed by atoms with E-state index in [0.717, 1.165) is 36.5 Å². The van der Waals surface area contributed by atoms with Crippen molar-refractivity contribution in [2.24, 2.45) is 5.92 Å². The van der Waals surface area contributed by atoms with Crippen LogP contribution in [0, 0.1) is 5.92 Å². The first kappa shape index (κ1) is 23.4. The Hall–Kier alpha value is -3.32. The van der Waals surface area contributed by atoms with Crippen LogP contribution in [0.25, 0.3) is 10.9 Å². The Balaban J connectivity index is 1.32. The summed E-state index contributed by atoms with van der Waals surface area (Å²) in [6.07, 6.45) is 1.31. The van der Waals surface area contributed by atoms with E-state index in [4.69, 9.17) is 4.74 Å². The normalized spacial score (nSPS) is 18.4. The second-order valence-electron chi connectivity index (χ2n) is 10.2. The van der Waals surface area contributed by atoms with Gasteiger partial charge >= 0.3 is 6.03 Å². The number of likely N-dealkylation sites (tertiary alicyclic amines) is 1. The van der Waals surface area contributed by atoms with Crippen LogP contribution in [-0.4, -0.2) is 63.9 Å². The third-order valence-electron chi connectivity index (χ3n) is 7.33. The lowest BCUT2D eigenvalue weighted by molar-refractivity contribution is -0.136. The number of aromatic nitrogens is 1. The number of carbonyl (C=O) groups is 2. The second-order valence-corrected chi connectivity index (χ2v) is 10.2. The molecule has 5 rings (SSSR count). The molecule has 2 aromatic carbocycles. The van der Waals surface area contributed by atoms with Gasteiger partial charge in [0.25, 0.3) is 5.91 Å². The van der Waals surface area contributed by atoms with E-state index in [2.05, 4.69) is 41.9 Å². The second kappa shape index (κ2) is 9.38. The van der Waals surface area contributed by atoms with Crippen LogP contribution in [0.3, 0.4) is 0 Å². The first-order valence-electron chi connectivity index (χ1n) is 12.4. The van der Waals surface area contributed by atoms with Crippen molar-refractivity contribution < 1.29 is 14.3 Å². The van der Waals surface area contributed by atoms with Gasteiger partial charge in [0.05, 0.1) is 13.7 Å². The number of methoxy groups -OCH3 is 1. The van der Waals surface area contributed by atoms with Crippen LogP contribution in [0.15, 0.2) is 54.6 Å². The summed E-state index contributed by atoms with van der Waals surface area (Å²) < 4.78 is 5.24. The molecule has 0 saturated carbocycles. The summed E-state index contributed by atoms with van der Waals surface area (Å²) in [7, 11) is 1.63. The third-order valence-corrected chi connectivity index (χ3v) is 7.33. The number of carbonyl (C=O) groups excluding carboxylic acids is 2. The summed E-state index contributed by atoms with van der Waals surface area (Å²) in [5.74, 6) is 0.992. The molecule has 0 radical (unpaired) electrons.